The standard InChI is InChI=1S/C22H21FO7/c1-14(24)28-21-22(2,23)18(30-20(26)16-11-7-4-8-12-16)17(29-21)13-27-19(25)15-9-5-3-6-10-15/h3-12,17-18,21H,13H2,1-2H3/t17-,18-,21?,22-/m1/s1. The lowest BCUT2D eigenvalue weighted by molar-refractivity contribution is -0.193. The molecular formula is C22H21FO7. The van der Waals surface area contributed by atoms with Gasteiger partial charge in [-0.05, 0) is 31.2 Å². The van der Waals surface area contributed by atoms with Gasteiger partial charge in [0.15, 0.2) is 6.10 Å². The highest BCUT2D eigenvalue weighted by Gasteiger charge is 2.59. The van der Waals surface area contributed by atoms with Crippen LogP contribution in [0, 0.1) is 0 Å². The summed E-state index contributed by atoms with van der Waals surface area (Å²) in [6, 6.07) is 16.2. The summed E-state index contributed by atoms with van der Waals surface area (Å²) in [5, 5.41) is 0. The number of esters is 3. The number of hydrogen-bond donors (Lipinski definition) is 0. The zero-order chi connectivity index (χ0) is 21.7. The molecule has 1 aliphatic rings. The molecule has 0 amide bonds. The van der Waals surface area contributed by atoms with Crippen molar-refractivity contribution in [3.05, 3.63) is 71.8 Å². The van der Waals surface area contributed by atoms with Crippen LogP contribution < -0.4 is 0 Å². The lowest BCUT2D eigenvalue weighted by Gasteiger charge is -2.26. The second kappa shape index (κ2) is 9.04. The molecule has 2 aromatic rings. The molecule has 0 N–H and O–H groups in total. The van der Waals surface area contributed by atoms with E-state index in [1.54, 1.807) is 48.5 Å². The highest BCUT2D eigenvalue weighted by Crippen LogP contribution is 2.38. The number of alkyl halides is 1. The molecule has 1 saturated heterocycles. The first-order valence-corrected chi connectivity index (χ1v) is 9.29. The summed E-state index contributed by atoms with van der Waals surface area (Å²) >= 11 is 0. The van der Waals surface area contributed by atoms with Gasteiger partial charge in [-0.1, -0.05) is 36.4 Å². The van der Waals surface area contributed by atoms with Crippen LogP contribution in [0.2, 0.25) is 0 Å². The third-order valence-electron chi connectivity index (χ3n) is 4.56. The summed E-state index contributed by atoms with van der Waals surface area (Å²) in [5.41, 5.74) is -1.85. The number of halogens is 1. The van der Waals surface area contributed by atoms with Crippen LogP contribution >= 0.6 is 0 Å². The third kappa shape index (κ3) is 4.83. The number of rotatable bonds is 6. The van der Waals surface area contributed by atoms with E-state index in [2.05, 4.69) is 0 Å². The highest BCUT2D eigenvalue weighted by molar-refractivity contribution is 5.90. The average molecular weight is 416 g/mol. The van der Waals surface area contributed by atoms with E-state index in [1.807, 2.05) is 0 Å². The van der Waals surface area contributed by atoms with Crippen LogP contribution in [0.5, 0.6) is 0 Å². The normalized spacial score (nSPS) is 25.4. The van der Waals surface area contributed by atoms with E-state index in [0.29, 0.717) is 5.56 Å². The molecule has 1 aliphatic heterocycles. The maximum atomic E-state index is 15.5. The molecule has 2 aromatic carbocycles. The van der Waals surface area contributed by atoms with E-state index in [0.717, 1.165) is 13.8 Å². The van der Waals surface area contributed by atoms with Gasteiger partial charge in [0.05, 0.1) is 11.1 Å². The van der Waals surface area contributed by atoms with E-state index in [-0.39, 0.29) is 5.56 Å². The lowest BCUT2D eigenvalue weighted by atomic mass is 9.99. The minimum absolute atomic E-state index is 0.212. The Balaban J connectivity index is 1.76. The summed E-state index contributed by atoms with van der Waals surface area (Å²) in [6.45, 7) is 1.80. The van der Waals surface area contributed by atoms with Crippen LogP contribution in [0.4, 0.5) is 4.39 Å². The zero-order valence-electron chi connectivity index (χ0n) is 16.4. The molecular weight excluding hydrogens is 395 g/mol. The van der Waals surface area contributed by atoms with Crippen molar-refractivity contribution in [2.75, 3.05) is 6.61 Å². The Hall–Kier alpha value is -3.26. The van der Waals surface area contributed by atoms with Crippen LogP contribution in [-0.2, 0) is 23.7 Å². The van der Waals surface area contributed by atoms with Crippen molar-refractivity contribution >= 4 is 17.9 Å². The molecule has 0 bridgehead atoms. The van der Waals surface area contributed by atoms with Crippen LogP contribution in [0.15, 0.2) is 60.7 Å². The molecule has 1 fully saturated rings. The van der Waals surface area contributed by atoms with Crippen molar-refractivity contribution in [2.24, 2.45) is 0 Å². The molecule has 7 nitrogen and oxygen atoms in total. The molecule has 8 heteroatoms. The molecule has 0 spiro atoms. The van der Waals surface area contributed by atoms with Gasteiger partial charge in [-0.3, -0.25) is 4.79 Å². The van der Waals surface area contributed by atoms with Gasteiger partial charge in [0.25, 0.3) is 0 Å². The van der Waals surface area contributed by atoms with Crippen molar-refractivity contribution in [2.45, 2.75) is 38.0 Å². The van der Waals surface area contributed by atoms with Crippen molar-refractivity contribution < 1.29 is 37.7 Å². The summed E-state index contributed by atoms with van der Waals surface area (Å²) in [4.78, 5) is 36.0. The Morgan fingerprint density at radius 1 is 0.933 bits per heavy atom. The molecule has 0 aromatic heterocycles. The van der Waals surface area contributed by atoms with Gasteiger partial charge in [-0.15, -0.1) is 0 Å². The van der Waals surface area contributed by atoms with Crippen LogP contribution in [0.1, 0.15) is 34.6 Å². The molecule has 158 valence electrons. The number of ether oxygens (including phenoxy) is 4. The zero-order valence-corrected chi connectivity index (χ0v) is 16.4. The maximum Gasteiger partial charge on any atom is 0.338 e. The second-order valence-corrected chi connectivity index (χ2v) is 6.92. The SMILES string of the molecule is CC(=O)OC1O[C@H](COC(=O)c2ccccc2)[C@@H](OC(=O)c2ccccc2)[C@@]1(C)F. The monoisotopic (exact) mass is 416 g/mol. The van der Waals surface area contributed by atoms with Gasteiger partial charge < -0.3 is 18.9 Å². The van der Waals surface area contributed by atoms with Gasteiger partial charge in [0.1, 0.15) is 12.7 Å². The fraction of sp³-hybridized carbons (Fsp3) is 0.318. The van der Waals surface area contributed by atoms with E-state index < -0.39 is 48.7 Å². The summed E-state index contributed by atoms with van der Waals surface area (Å²) in [6.07, 6.45) is -4.27. The Morgan fingerprint density at radius 2 is 1.47 bits per heavy atom. The third-order valence-corrected chi connectivity index (χ3v) is 4.56. The molecule has 30 heavy (non-hydrogen) atoms. The van der Waals surface area contributed by atoms with Crippen molar-refractivity contribution in [1.82, 2.24) is 0 Å². The fourth-order valence-corrected chi connectivity index (χ4v) is 3.05. The first-order chi connectivity index (χ1) is 14.3. The van der Waals surface area contributed by atoms with E-state index in [9.17, 15) is 14.4 Å². The second-order valence-electron chi connectivity index (χ2n) is 6.92. The van der Waals surface area contributed by atoms with Gasteiger partial charge in [-0.25, -0.2) is 14.0 Å². The van der Waals surface area contributed by atoms with Gasteiger partial charge in [0.2, 0.25) is 12.0 Å². The summed E-state index contributed by atoms with van der Waals surface area (Å²) < 4.78 is 36.4. The van der Waals surface area contributed by atoms with Gasteiger partial charge in [0, 0.05) is 6.92 Å². The minimum atomic E-state index is -2.36. The van der Waals surface area contributed by atoms with E-state index >= 15 is 4.39 Å². The van der Waals surface area contributed by atoms with Crippen LogP contribution in [-0.4, -0.2) is 48.7 Å². The predicted octanol–water partition coefficient (Wildman–Crippen LogP) is 3.09. The number of hydrogen-bond acceptors (Lipinski definition) is 7. The molecule has 0 aliphatic carbocycles. The molecule has 1 unspecified atom stereocenters. The molecule has 3 rings (SSSR count). The Kier molecular flexibility index (Phi) is 6.47. The lowest BCUT2D eigenvalue weighted by Crippen LogP contribution is -2.46. The minimum Gasteiger partial charge on any atom is -0.459 e. The first kappa shape index (κ1) is 21.4. The van der Waals surface area contributed by atoms with Gasteiger partial charge >= 0.3 is 17.9 Å². The van der Waals surface area contributed by atoms with Gasteiger partial charge in [-0.2, -0.15) is 0 Å². The predicted molar refractivity (Wildman–Crippen MR) is 102 cm³/mol. The maximum absolute atomic E-state index is 15.5. The number of carbonyl (C=O) groups excluding carboxylic acids is 3. The van der Waals surface area contributed by atoms with Crippen LogP contribution in [0.3, 0.4) is 0 Å². The highest BCUT2D eigenvalue weighted by atomic mass is 19.1. The fourth-order valence-electron chi connectivity index (χ4n) is 3.05. The Labute approximate surface area is 172 Å². The quantitative estimate of drug-likeness (QED) is 0.528. The van der Waals surface area contributed by atoms with Crippen molar-refractivity contribution in [1.29, 1.82) is 0 Å². The largest absolute Gasteiger partial charge is 0.459 e. The average Bonchev–Trinajstić information content (AvgIpc) is 2.96. The van der Waals surface area contributed by atoms with E-state index in [1.165, 1.54) is 12.1 Å². The molecule has 4 atom stereocenters. The van der Waals surface area contributed by atoms with Crippen molar-refractivity contribution in [3.63, 3.8) is 0 Å². The smallest absolute Gasteiger partial charge is 0.338 e. The van der Waals surface area contributed by atoms with Crippen LogP contribution in [0.25, 0.3) is 0 Å². The Morgan fingerprint density at radius 3 is 2.00 bits per heavy atom. The topological polar surface area (TPSA) is 88.1 Å². The number of carbonyl (C=O) groups is 3. The number of benzene rings is 2. The molecule has 0 radical (unpaired) electrons. The Bertz CT molecular complexity index is 898. The van der Waals surface area contributed by atoms with Crippen molar-refractivity contribution in [3.8, 4) is 0 Å². The summed E-state index contributed by atoms with van der Waals surface area (Å²) in [7, 11) is 0. The van der Waals surface area contributed by atoms with E-state index in [4.69, 9.17) is 18.9 Å². The molecule has 0 saturated carbocycles. The first-order valence-electron chi connectivity index (χ1n) is 9.29. The summed E-state index contributed by atoms with van der Waals surface area (Å²) in [5.74, 6) is -2.20. The molecule has 1 heterocycles.